The van der Waals surface area contributed by atoms with Gasteiger partial charge >= 0.3 is 0 Å². The molecule has 1 fully saturated rings. The fourth-order valence-corrected chi connectivity index (χ4v) is 1.53. The van der Waals surface area contributed by atoms with Crippen molar-refractivity contribution in [2.45, 2.75) is 30.8 Å². The first-order valence-corrected chi connectivity index (χ1v) is 5.27. The van der Waals surface area contributed by atoms with Gasteiger partial charge in [0.05, 0.1) is 12.6 Å². The first kappa shape index (κ1) is 13.3. The maximum Gasteiger partial charge on any atom is 0.139 e. The van der Waals surface area contributed by atoms with E-state index in [4.69, 9.17) is 10.8 Å². The average molecular weight is 233 g/mol. The molecule has 0 aliphatic carbocycles. The summed E-state index contributed by atoms with van der Waals surface area (Å²) in [5, 5.41) is 40.3. The average Bonchev–Trinajstić information content (AvgIpc) is 2.29. The lowest BCUT2D eigenvalue weighted by atomic mass is 9.95. The van der Waals surface area contributed by atoms with Gasteiger partial charge in [-0.3, -0.25) is 4.99 Å². The second kappa shape index (κ2) is 6.12. The molecule has 1 heterocycles. The number of rotatable bonds is 4. The third kappa shape index (κ3) is 2.89. The Labute approximate surface area is 93.6 Å². The molecular weight excluding hydrogens is 214 g/mol. The highest BCUT2D eigenvalue weighted by Gasteiger charge is 2.39. The second-order valence-electron chi connectivity index (χ2n) is 3.77. The van der Waals surface area contributed by atoms with Crippen LogP contribution in [0, 0.1) is 0 Å². The van der Waals surface area contributed by atoms with Crippen LogP contribution >= 0.6 is 0 Å². The van der Waals surface area contributed by atoms with Gasteiger partial charge in [-0.2, -0.15) is 0 Å². The molecule has 94 valence electrons. The van der Waals surface area contributed by atoms with Crippen LogP contribution in [-0.2, 0) is 0 Å². The lowest BCUT2D eigenvalue weighted by Crippen LogP contribution is -2.63. The molecule has 0 unspecified atom stereocenters. The zero-order valence-electron chi connectivity index (χ0n) is 8.95. The number of nitrogens with zero attached hydrogens (tertiary/aromatic N) is 1. The van der Waals surface area contributed by atoms with E-state index in [-0.39, 0.29) is 12.4 Å². The van der Waals surface area contributed by atoms with E-state index in [2.05, 4.69) is 10.3 Å². The largest absolute Gasteiger partial charge is 0.394 e. The molecule has 1 saturated heterocycles. The van der Waals surface area contributed by atoms with Crippen LogP contribution in [-0.4, -0.2) is 70.3 Å². The van der Waals surface area contributed by atoms with Crippen LogP contribution < -0.4 is 11.1 Å². The summed E-state index contributed by atoms with van der Waals surface area (Å²) in [6.45, 7) is 0.569. The van der Waals surface area contributed by atoms with Gasteiger partial charge < -0.3 is 31.5 Å². The summed E-state index contributed by atoms with van der Waals surface area (Å²) >= 11 is 0. The molecule has 0 amide bonds. The van der Waals surface area contributed by atoms with Crippen molar-refractivity contribution < 1.29 is 20.4 Å². The molecule has 0 saturated carbocycles. The predicted octanol–water partition coefficient (Wildman–Crippen LogP) is -3.22. The number of aliphatic hydroxyl groups excluding tert-OH is 4. The summed E-state index contributed by atoms with van der Waals surface area (Å²) in [6, 6.07) is -0.713. The minimum Gasteiger partial charge on any atom is -0.394 e. The molecule has 16 heavy (non-hydrogen) atoms. The molecule has 7 heteroatoms. The van der Waals surface area contributed by atoms with E-state index >= 15 is 0 Å². The quantitative estimate of drug-likeness (QED) is 0.283. The fourth-order valence-electron chi connectivity index (χ4n) is 1.53. The zero-order chi connectivity index (χ0) is 12.1. The Balaban J connectivity index is 2.66. The van der Waals surface area contributed by atoms with E-state index in [1.165, 1.54) is 0 Å². The topological polar surface area (TPSA) is 131 Å². The molecule has 7 nitrogen and oxygen atoms in total. The number of nitrogens with two attached hydrogens (primary N) is 1. The number of hydrogen-bond acceptors (Lipinski definition) is 6. The Morgan fingerprint density at radius 2 is 1.94 bits per heavy atom. The van der Waals surface area contributed by atoms with Crippen LogP contribution in [0.3, 0.4) is 0 Å². The fraction of sp³-hybridized carbons (Fsp3) is 0.889. The van der Waals surface area contributed by atoms with Gasteiger partial charge in [0.2, 0.25) is 0 Å². The van der Waals surface area contributed by atoms with Crippen LogP contribution in [0.25, 0.3) is 0 Å². The summed E-state index contributed by atoms with van der Waals surface area (Å²) in [5.41, 5.74) is 5.30. The van der Waals surface area contributed by atoms with Gasteiger partial charge in [-0.1, -0.05) is 0 Å². The molecule has 1 aliphatic rings. The van der Waals surface area contributed by atoms with Crippen LogP contribution in [0.5, 0.6) is 0 Å². The Hall–Kier alpha value is -0.730. The molecule has 0 aromatic carbocycles. The molecule has 0 radical (unpaired) electrons. The van der Waals surface area contributed by atoms with Crippen molar-refractivity contribution in [2.24, 2.45) is 10.7 Å². The van der Waals surface area contributed by atoms with Crippen molar-refractivity contribution in [3.05, 3.63) is 0 Å². The highest BCUT2D eigenvalue weighted by Crippen LogP contribution is 2.12. The summed E-state index contributed by atoms with van der Waals surface area (Å²) < 4.78 is 0. The third-order valence-electron chi connectivity index (χ3n) is 2.54. The minimum atomic E-state index is -1.34. The van der Waals surface area contributed by atoms with Gasteiger partial charge in [0, 0.05) is 6.54 Å². The second-order valence-corrected chi connectivity index (χ2v) is 3.77. The number of nitrogens with one attached hydrogen (secondary N) is 1. The normalized spacial score (nSPS) is 37.4. The molecule has 7 N–H and O–H groups in total. The van der Waals surface area contributed by atoms with E-state index in [0.29, 0.717) is 19.5 Å². The predicted molar refractivity (Wildman–Crippen MR) is 58.0 cm³/mol. The molecule has 4 atom stereocenters. The molecule has 0 spiro atoms. The van der Waals surface area contributed by atoms with Crippen LogP contribution in [0.2, 0.25) is 0 Å². The molecule has 1 aliphatic heterocycles. The van der Waals surface area contributed by atoms with E-state index in [1.807, 2.05) is 0 Å². The standard InChI is InChI=1S/C9H19N3O4/c10-2-1-3-11-9-8(16)7(15)6(14)5(4-13)12-9/h5-8,13-16H,1-4,10H2,(H,11,12)/t5-,6-,7+,8+/m1/s1. The molecule has 1 rings (SSSR count). The third-order valence-corrected chi connectivity index (χ3v) is 2.54. The van der Waals surface area contributed by atoms with Crippen LogP contribution in [0.15, 0.2) is 4.99 Å². The van der Waals surface area contributed by atoms with Gasteiger partial charge in [-0.25, -0.2) is 0 Å². The smallest absolute Gasteiger partial charge is 0.139 e. The van der Waals surface area contributed by atoms with E-state index in [0.717, 1.165) is 0 Å². The molecule has 0 aromatic heterocycles. The Morgan fingerprint density at radius 3 is 2.50 bits per heavy atom. The summed E-state index contributed by atoms with van der Waals surface area (Å²) in [6.07, 6.45) is -3.14. The highest BCUT2D eigenvalue weighted by atomic mass is 16.4. The van der Waals surface area contributed by atoms with Crippen LogP contribution in [0.1, 0.15) is 6.42 Å². The van der Waals surface area contributed by atoms with Crippen molar-refractivity contribution in [2.75, 3.05) is 19.7 Å². The molecule has 0 bridgehead atoms. The number of aliphatic imine (C=N–C) groups is 1. The van der Waals surface area contributed by atoms with Crippen molar-refractivity contribution in [3.63, 3.8) is 0 Å². The number of hydrogen-bond donors (Lipinski definition) is 6. The Morgan fingerprint density at radius 1 is 1.25 bits per heavy atom. The van der Waals surface area contributed by atoms with Gasteiger partial charge in [-0.15, -0.1) is 0 Å². The van der Waals surface area contributed by atoms with Gasteiger partial charge in [0.1, 0.15) is 24.1 Å². The van der Waals surface area contributed by atoms with E-state index in [9.17, 15) is 15.3 Å². The summed E-state index contributed by atoms with van der Waals surface area (Å²) in [7, 11) is 0. The first-order valence-electron chi connectivity index (χ1n) is 5.27. The van der Waals surface area contributed by atoms with Crippen molar-refractivity contribution in [1.82, 2.24) is 5.32 Å². The minimum absolute atomic E-state index is 0.185. The molecule has 0 aromatic rings. The monoisotopic (exact) mass is 233 g/mol. The van der Waals surface area contributed by atoms with E-state index in [1.54, 1.807) is 0 Å². The zero-order valence-corrected chi connectivity index (χ0v) is 8.95. The van der Waals surface area contributed by atoms with Crippen molar-refractivity contribution in [3.8, 4) is 0 Å². The number of piperidine rings is 1. The van der Waals surface area contributed by atoms with Gasteiger partial charge in [-0.05, 0) is 13.0 Å². The SMILES string of the molecule is NCCCN=C1N[C@H](CO)[C@@H](O)[C@H](O)[C@@H]1O. The first-order chi connectivity index (χ1) is 7.61. The van der Waals surface area contributed by atoms with Gasteiger partial charge in [0.15, 0.2) is 0 Å². The summed E-state index contributed by atoms with van der Waals surface area (Å²) in [4.78, 5) is 4.03. The van der Waals surface area contributed by atoms with Gasteiger partial charge in [0.25, 0.3) is 0 Å². The van der Waals surface area contributed by atoms with E-state index < -0.39 is 24.4 Å². The molecular formula is C9H19N3O4. The summed E-state index contributed by atoms with van der Waals surface area (Å²) in [5.74, 6) is 0.185. The lowest BCUT2D eigenvalue weighted by Gasteiger charge is -2.36. The number of aliphatic hydroxyl groups is 4. The Kier molecular flexibility index (Phi) is 5.10. The maximum absolute atomic E-state index is 9.60. The van der Waals surface area contributed by atoms with Crippen LogP contribution in [0.4, 0.5) is 0 Å². The maximum atomic E-state index is 9.60. The number of amidine groups is 1. The highest BCUT2D eigenvalue weighted by molar-refractivity contribution is 5.88. The van der Waals surface area contributed by atoms with Crippen molar-refractivity contribution in [1.29, 1.82) is 0 Å². The Bertz CT molecular complexity index is 247. The lowest BCUT2D eigenvalue weighted by molar-refractivity contribution is -0.0681. The van der Waals surface area contributed by atoms with Crippen molar-refractivity contribution >= 4 is 5.84 Å².